The van der Waals surface area contributed by atoms with Crippen LogP contribution in [0.15, 0.2) is 15.8 Å². The Kier molecular flexibility index (Phi) is 5.14. The van der Waals surface area contributed by atoms with E-state index in [-0.39, 0.29) is 18.1 Å². The lowest BCUT2D eigenvalue weighted by atomic mass is 10.6. The summed E-state index contributed by atoms with van der Waals surface area (Å²) in [4.78, 5) is 23.5. The fraction of sp³-hybridized carbons (Fsp3) is 0.600. The van der Waals surface area contributed by atoms with Crippen molar-refractivity contribution < 1.29 is 8.42 Å². The van der Waals surface area contributed by atoms with Crippen molar-refractivity contribution in [3.63, 3.8) is 0 Å². The SMILES string of the molecule is CCCS(=O)(=O)CCn1c(=O)c(I)cn(C)c1=O. The molecule has 0 N–H and O–H groups in total. The van der Waals surface area contributed by atoms with Gasteiger partial charge < -0.3 is 4.57 Å². The molecule has 0 aliphatic rings. The van der Waals surface area contributed by atoms with Gasteiger partial charge in [0, 0.05) is 25.5 Å². The molecule has 0 amide bonds. The number of aromatic nitrogens is 2. The Balaban J connectivity index is 3.07. The largest absolute Gasteiger partial charge is 0.330 e. The van der Waals surface area contributed by atoms with Crippen molar-refractivity contribution in [1.82, 2.24) is 9.13 Å². The average molecular weight is 386 g/mol. The molecule has 0 radical (unpaired) electrons. The Morgan fingerprint density at radius 3 is 2.44 bits per heavy atom. The van der Waals surface area contributed by atoms with Gasteiger partial charge in [-0.2, -0.15) is 0 Å². The van der Waals surface area contributed by atoms with E-state index in [1.54, 1.807) is 6.92 Å². The van der Waals surface area contributed by atoms with Crippen molar-refractivity contribution in [3.05, 3.63) is 30.6 Å². The van der Waals surface area contributed by atoms with Gasteiger partial charge in [0.05, 0.1) is 9.32 Å². The van der Waals surface area contributed by atoms with Gasteiger partial charge in [-0.1, -0.05) is 6.92 Å². The van der Waals surface area contributed by atoms with Crippen LogP contribution in [-0.2, 0) is 23.4 Å². The quantitative estimate of drug-likeness (QED) is 0.667. The summed E-state index contributed by atoms with van der Waals surface area (Å²) in [6, 6.07) is 0. The standard InChI is InChI=1S/C10H15IN2O4S/c1-3-5-18(16,17)6-4-13-9(14)8(11)7-12(2)10(13)15/h7H,3-6H2,1-2H3. The third-order valence-electron chi connectivity index (χ3n) is 2.43. The van der Waals surface area contributed by atoms with Gasteiger partial charge in [0.15, 0.2) is 9.84 Å². The molecule has 6 nitrogen and oxygen atoms in total. The van der Waals surface area contributed by atoms with Crippen LogP contribution in [0.4, 0.5) is 0 Å². The van der Waals surface area contributed by atoms with Crippen LogP contribution < -0.4 is 11.2 Å². The first kappa shape index (κ1) is 15.4. The number of aryl methyl sites for hydroxylation is 1. The molecule has 0 fully saturated rings. The number of nitrogens with zero attached hydrogens (tertiary/aromatic N) is 2. The van der Waals surface area contributed by atoms with Crippen molar-refractivity contribution in [3.8, 4) is 0 Å². The van der Waals surface area contributed by atoms with E-state index in [2.05, 4.69) is 0 Å². The van der Waals surface area contributed by atoms with E-state index in [0.29, 0.717) is 9.99 Å². The van der Waals surface area contributed by atoms with E-state index in [4.69, 9.17) is 0 Å². The molecule has 0 aromatic carbocycles. The van der Waals surface area contributed by atoms with Crippen LogP contribution in [-0.4, -0.2) is 29.1 Å². The number of halogens is 1. The number of sulfone groups is 1. The number of hydrogen-bond acceptors (Lipinski definition) is 4. The monoisotopic (exact) mass is 386 g/mol. The molecule has 0 spiro atoms. The van der Waals surface area contributed by atoms with E-state index in [9.17, 15) is 18.0 Å². The molecule has 0 unspecified atom stereocenters. The Bertz CT molecular complexity index is 611. The second-order valence-corrected chi connectivity index (χ2v) is 7.44. The second-order valence-electron chi connectivity index (χ2n) is 3.98. The minimum atomic E-state index is -3.20. The summed E-state index contributed by atoms with van der Waals surface area (Å²) in [6.45, 7) is 1.68. The topological polar surface area (TPSA) is 78.1 Å². The molecule has 0 atom stereocenters. The molecule has 0 aliphatic carbocycles. The maximum Gasteiger partial charge on any atom is 0.330 e. The van der Waals surface area contributed by atoms with Gasteiger partial charge in [-0.3, -0.25) is 9.36 Å². The van der Waals surface area contributed by atoms with E-state index in [1.807, 2.05) is 22.6 Å². The summed E-state index contributed by atoms with van der Waals surface area (Å²) in [5.41, 5.74) is -0.933. The summed E-state index contributed by atoms with van der Waals surface area (Å²) in [6.07, 6.45) is 1.96. The van der Waals surface area contributed by atoms with Crippen LogP contribution in [0.5, 0.6) is 0 Å². The molecule has 18 heavy (non-hydrogen) atoms. The first-order chi connectivity index (χ1) is 8.28. The molecule has 1 aromatic rings. The highest BCUT2D eigenvalue weighted by Crippen LogP contribution is 1.96. The minimum Gasteiger partial charge on any atom is -0.302 e. The van der Waals surface area contributed by atoms with Crippen molar-refractivity contribution in [1.29, 1.82) is 0 Å². The molecule has 0 bridgehead atoms. The molecule has 102 valence electrons. The van der Waals surface area contributed by atoms with Crippen LogP contribution >= 0.6 is 22.6 Å². The van der Waals surface area contributed by atoms with Crippen molar-refractivity contribution >= 4 is 32.4 Å². The Hall–Kier alpha value is -0.640. The van der Waals surface area contributed by atoms with E-state index < -0.39 is 21.1 Å². The van der Waals surface area contributed by atoms with Crippen molar-refractivity contribution in [2.45, 2.75) is 19.9 Å². The lowest BCUT2D eigenvalue weighted by Gasteiger charge is -2.08. The lowest BCUT2D eigenvalue weighted by Crippen LogP contribution is -2.41. The van der Waals surface area contributed by atoms with E-state index >= 15 is 0 Å². The van der Waals surface area contributed by atoms with Gasteiger partial charge in [0.25, 0.3) is 5.56 Å². The molecule has 0 saturated heterocycles. The van der Waals surface area contributed by atoms with Crippen LogP contribution in [0.3, 0.4) is 0 Å². The first-order valence-corrected chi connectivity index (χ1v) is 8.35. The van der Waals surface area contributed by atoms with Crippen LogP contribution in [0.2, 0.25) is 0 Å². The van der Waals surface area contributed by atoms with Crippen molar-refractivity contribution in [2.24, 2.45) is 7.05 Å². The molecule has 0 saturated carbocycles. The number of rotatable bonds is 5. The third kappa shape index (κ3) is 3.67. The van der Waals surface area contributed by atoms with Gasteiger partial charge in [-0.05, 0) is 29.0 Å². The van der Waals surface area contributed by atoms with E-state index in [0.717, 1.165) is 4.57 Å². The summed E-state index contributed by atoms with van der Waals surface area (Å²) < 4.78 is 25.8. The zero-order valence-corrected chi connectivity index (χ0v) is 13.2. The Morgan fingerprint density at radius 2 is 1.89 bits per heavy atom. The molecule has 1 rings (SSSR count). The summed E-state index contributed by atoms with van der Waals surface area (Å²) in [7, 11) is -1.67. The Labute approximate surface area is 119 Å². The average Bonchev–Trinajstić information content (AvgIpc) is 2.26. The maximum absolute atomic E-state index is 11.8. The zero-order valence-electron chi connectivity index (χ0n) is 10.2. The summed E-state index contributed by atoms with van der Waals surface area (Å²) in [5.74, 6) is -0.109. The van der Waals surface area contributed by atoms with Gasteiger partial charge in [-0.15, -0.1) is 0 Å². The number of hydrogen-bond donors (Lipinski definition) is 0. The molecule has 8 heteroatoms. The maximum atomic E-state index is 11.8. The second kappa shape index (κ2) is 6.00. The normalized spacial score (nSPS) is 11.7. The summed E-state index contributed by atoms with van der Waals surface area (Å²) in [5, 5.41) is 0. The highest BCUT2D eigenvalue weighted by molar-refractivity contribution is 14.1. The predicted molar refractivity (Wildman–Crippen MR) is 77.6 cm³/mol. The van der Waals surface area contributed by atoms with Crippen LogP contribution in [0.1, 0.15) is 13.3 Å². The fourth-order valence-corrected chi connectivity index (χ4v) is 3.52. The molecular weight excluding hydrogens is 371 g/mol. The highest BCUT2D eigenvalue weighted by Gasteiger charge is 2.13. The highest BCUT2D eigenvalue weighted by atomic mass is 127. The van der Waals surface area contributed by atoms with Gasteiger partial charge in [0.2, 0.25) is 0 Å². The third-order valence-corrected chi connectivity index (χ3v) is 5.00. The molecule has 0 aliphatic heterocycles. The summed E-state index contributed by atoms with van der Waals surface area (Å²) >= 11 is 1.83. The van der Waals surface area contributed by atoms with Gasteiger partial charge in [-0.25, -0.2) is 13.2 Å². The van der Waals surface area contributed by atoms with Crippen LogP contribution in [0, 0.1) is 3.57 Å². The predicted octanol–water partition coefficient (Wildman–Crippen LogP) is -0.0236. The van der Waals surface area contributed by atoms with E-state index in [1.165, 1.54) is 17.8 Å². The minimum absolute atomic E-state index is 0.0754. The zero-order chi connectivity index (χ0) is 13.9. The van der Waals surface area contributed by atoms with Gasteiger partial charge in [0.1, 0.15) is 0 Å². The smallest absolute Gasteiger partial charge is 0.302 e. The first-order valence-electron chi connectivity index (χ1n) is 5.45. The molecule has 1 heterocycles. The lowest BCUT2D eigenvalue weighted by molar-refractivity contribution is 0.573. The Morgan fingerprint density at radius 1 is 1.28 bits per heavy atom. The fourth-order valence-electron chi connectivity index (χ4n) is 1.53. The van der Waals surface area contributed by atoms with Gasteiger partial charge >= 0.3 is 5.69 Å². The van der Waals surface area contributed by atoms with Crippen molar-refractivity contribution in [2.75, 3.05) is 11.5 Å². The molecular formula is C10H15IN2O4S. The molecule has 1 aromatic heterocycles. The van der Waals surface area contributed by atoms with Crippen LogP contribution in [0.25, 0.3) is 0 Å².